The highest BCUT2D eigenvalue weighted by molar-refractivity contribution is 7.99. The maximum Gasteiger partial charge on any atom is 0.114 e. The minimum absolute atomic E-state index is 0.506. The highest BCUT2D eigenvalue weighted by atomic mass is 32.2. The summed E-state index contributed by atoms with van der Waals surface area (Å²) >= 11 is 1.60. The van der Waals surface area contributed by atoms with Crippen molar-refractivity contribution >= 4 is 11.8 Å². The zero-order valence-corrected chi connectivity index (χ0v) is 10.2. The molecule has 2 heterocycles. The van der Waals surface area contributed by atoms with E-state index >= 15 is 0 Å². The van der Waals surface area contributed by atoms with Gasteiger partial charge >= 0.3 is 0 Å². The van der Waals surface area contributed by atoms with Crippen molar-refractivity contribution in [3.63, 3.8) is 0 Å². The van der Waals surface area contributed by atoms with Crippen LogP contribution in [-0.4, -0.2) is 4.98 Å². The molecule has 0 aliphatic rings. The molecule has 2 rings (SSSR count). The standard InChI is InChI=1S/C12H14N2OS/c1-8-3-4-10(7-13)12(14-8)16-11-5-6-15-9(11)2/h3-6H,7,13H2,1-2H3. The molecule has 0 fully saturated rings. The molecule has 0 saturated heterocycles. The van der Waals surface area contributed by atoms with E-state index < -0.39 is 0 Å². The van der Waals surface area contributed by atoms with Crippen LogP contribution in [0.15, 0.2) is 38.8 Å². The van der Waals surface area contributed by atoms with E-state index in [4.69, 9.17) is 10.2 Å². The summed E-state index contributed by atoms with van der Waals surface area (Å²) in [6.45, 7) is 4.43. The number of nitrogens with two attached hydrogens (primary N) is 1. The lowest BCUT2D eigenvalue weighted by atomic mass is 10.2. The minimum atomic E-state index is 0.506. The molecule has 0 amide bonds. The summed E-state index contributed by atoms with van der Waals surface area (Å²) in [5.41, 5.74) is 7.76. The summed E-state index contributed by atoms with van der Waals surface area (Å²) in [6.07, 6.45) is 1.69. The monoisotopic (exact) mass is 234 g/mol. The molecule has 0 spiro atoms. The Bertz CT molecular complexity index is 494. The topological polar surface area (TPSA) is 52.0 Å². The highest BCUT2D eigenvalue weighted by Crippen LogP contribution is 2.31. The lowest BCUT2D eigenvalue weighted by Gasteiger charge is -2.06. The maximum absolute atomic E-state index is 5.69. The van der Waals surface area contributed by atoms with Crippen molar-refractivity contribution in [2.75, 3.05) is 0 Å². The molecule has 0 atom stereocenters. The number of aromatic nitrogens is 1. The molecule has 0 unspecified atom stereocenters. The molecule has 0 bridgehead atoms. The van der Waals surface area contributed by atoms with E-state index in [-0.39, 0.29) is 0 Å². The lowest BCUT2D eigenvalue weighted by Crippen LogP contribution is -2.00. The molecule has 0 aromatic carbocycles. The van der Waals surface area contributed by atoms with Crippen LogP contribution in [0, 0.1) is 13.8 Å². The molecule has 2 N–H and O–H groups in total. The molecule has 16 heavy (non-hydrogen) atoms. The van der Waals surface area contributed by atoms with Gasteiger partial charge in [0.2, 0.25) is 0 Å². The molecule has 0 aliphatic heterocycles. The zero-order valence-electron chi connectivity index (χ0n) is 9.36. The number of rotatable bonds is 3. The molecule has 84 valence electrons. The van der Waals surface area contributed by atoms with Crippen molar-refractivity contribution in [3.05, 3.63) is 41.5 Å². The third-order valence-electron chi connectivity index (χ3n) is 2.32. The molecule has 3 nitrogen and oxygen atoms in total. The summed E-state index contributed by atoms with van der Waals surface area (Å²) in [5, 5.41) is 0.965. The summed E-state index contributed by atoms with van der Waals surface area (Å²) in [7, 11) is 0. The SMILES string of the molecule is Cc1ccc(CN)c(Sc2ccoc2C)n1. The Morgan fingerprint density at radius 3 is 2.75 bits per heavy atom. The lowest BCUT2D eigenvalue weighted by molar-refractivity contribution is 0.527. The van der Waals surface area contributed by atoms with Crippen LogP contribution in [0.5, 0.6) is 0 Å². The van der Waals surface area contributed by atoms with Gasteiger partial charge in [-0.25, -0.2) is 4.98 Å². The van der Waals surface area contributed by atoms with Crippen molar-refractivity contribution in [1.82, 2.24) is 4.98 Å². The second kappa shape index (κ2) is 4.72. The van der Waals surface area contributed by atoms with E-state index in [9.17, 15) is 0 Å². The van der Waals surface area contributed by atoms with Gasteiger partial charge in [-0.3, -0.25) is 0 Å². The average molecular weight is 234 g/mol. The third kappa shape index (κ3) is 2.28. The van der Waals surface area contributed by atoms with Crippen LogP contribution in [0.4, 0.5) is 0 Å². The average Bonchev–Trinajstić information content (AvgIpc) is 2.65. The van der Waals surface area contributed by atoms with E-state index in [1.807, 2.05) is 32.0 Å². The first-order valence-corrected chi connectivity index (χ1v) is 5.91. The number of pyridine rings is 1. The van der Waals surface area contributed by atoms with Gasteiger partial charge in [-0.15, -0.1) is 0 Å². The minimum Gasteiger partial charge on any atom is -0.468 e. The second-order valence-corrected chi connectivity index (χ2v) is 4.59. The number of hydrogen-bond acceptors (Lipinski definition) is 4. The van der Waals surface area contributed by atoms with Gasteiger partial charge in [0.15, 0.2) is 0 Å². The quantitative estimate of drug-likeness (QED) is 0.887. The van der Waals surface area contributed by atoms with Crippen LogP contribution in [0.25, 0.3) is 0 Å². The smallest absolute Gasteiger partial charge is 0.114 e. The van der Waals surface area contributed by atoms with E-state index in [1.54, 1.807) is 18.0 Å². The number of hydrogen-bond donors (Lipinski definition) is 1. The molecule has 0 radical (unpaired) electrons. The normalized spacial score (nSPS) is 10.7. The van der Waals surface area contributed by atoms with Gasteiger partial charge in [-0.1, -0.05) is 17.8 Å². The Balaban J connectivity index is 2.33. The number of furan rings is 1. The summed E-state index contributed by atoms with van der Waals surface area (Å²) < 4.78 is 5.26. The largest absolute Gasteiger partial charge is 0.468 e. The Morgan fingerprint density at radius 1 is 1.31 bits per heavy atom. The van der Waals surface area contributed by atoms with Gasteiger partial charge < -0.3 is 10.2 Å². The van der Waals surface area contributed by atoms with Crippen LogP contribution >= 0.6 is 11.8 Å². The zero-order chi connectivity index (χ0) is 11.5. The van der Waals surface area contributed by atoms with Crippen LogP contribution in [0.2, 0.25) is 0 Å². The first-order valence-electron chi connectivity index (χ1n) is 5.09. The Kier molecular flexibility index (Phi) is 3.31. The van der Waals surface area contributed by atoms with E-state index in [0.29, 0.717) is 6.54 Å². The predicted molar refractivity (Wildman–Crippen MR) is 64.4 cm³/mol. The van der Waals surface area contributed by atoms with Crippen molar-refractivity contribution in [2.45, 2.75) is 30.3 Å². The van der Waals surface area contributed by atoms with Crippen LogP contribution < -0.4 is 5.73 Å². The predicted octanol–water partition coefficient (Wildman–Crippen LogP) is 2.90. The van der Waals surface area contributed by atoms with E-state index in [0.717, 1.165) is 26.9 Å². The fourth-order valence-electron chi connectivity index (χ4n) is 1.39. The van der Waals surface area contributed by atoms with Crippen molar-refractivity contribution < 1.29 is 4.42 Å². The van der Waals surface area contributed by atoms with Crippen molar-refractivity contribution in [3.8, 4) is 0 Å². The van der Waals surface area contributed by atoms with Crippen LogP contribution in [-0.2, 0) is 6.54 Å². The van der Waals surface area contributed by atoms with E-state index in [1.165, 1.54) is 0 Å². The number of nitrogens with zero attached hydrogens (tertiary/aromatic N) is 1. The Labute approximate surface area is 99.1 Å². The van der Waals surface area contributed by atoms with E-state index in [2.05, 4.69) is 4.98 Å². The third-order valence-corrected chi connectivity index (χ3v) is 3.51. The molecular formula is C12H14N2OS. The van der Waals surface area contributed by atoms with Gasteiger partial charge in [-0.05, 0) is 31.5 Å². The van der Waals surface area contributed by atoms with Crippen molar-refractivity contribution in [2.24, 2.45) is 5.73 Å². The molecular weight excluding hydrogens is 220 g/mol. The first kappa shape index (κ1) is 11.2. The van der Waals surface area contributed by atoms with Gasteiger partial charge in [0.25, 0.3) is 0 Å². The highest BCUT2D eigenvalue weighted by Gasteiger charge is 2.08. The van der Waals surface area contributed by atoms with Gasteiger partial charge in [0.05, 0.1) is 11.2 Å². The van der Waals surface area contributed by atoms with Crippen molar-refractivity contribution in [1.29, 1.82) is 0 Å². The number of aryl methyl sites for hydroxylation is 2. The molecule has 0 saturated carbocycles. The molecule has 0 aliphatic carbocycles. The van der Waals surface area contributed by atoms with Gasteiger partial charge in [0, 0.05) is 12.2 Å². The fourth-order valence-corrected chi connectivity index (χ4v) is 2.38. The molecule has 2 aromatic rings. The Hall–Kier alpha value is -1.26. The Morgan fingerprint density at radius 2 is 2.12 bits per heavy atom. The second-order valence-electron chi connectivity index (χ2n) is 3.56. The first-order chi connectivity index (χ1) is 7.70. The molecule has 4 heteroatoms. The maximum atomic E-state index is 5.69. The summed E-state index contributed by atoms with van der Waals surface area (Å²) in [6, 6.07) is 5.96. The van der Waals surface area contributed by atoms with Gasteiger partial charge in [-0.2, -0.15) is 0 Å². The summed E-state index contributed by atoms with van der Waals surface area (Å²) in [4.78, 5) is 5.59. The molecule has 2 aromatic heterocycles. The summed E-state index contributed by atoms with van der Waals surface area (Å²) in [5.74, 6) is 0.913. The van der Waals surface area contributed by atoms with Gasteiger partial charge in [0.1, 0.15) is 10.8 Å². The fraction of sp³-hybridized carbons (Fsp3) is 0.250. The van der Waals surface area contributed by atoms with Crippen LogP contribution in [0.3, 0.4) is 0 Å². The van der Waals surface area contributed by atoms with Crippen LogP contribution in [0.1, 0.15) is 17.0 Å².